The molecule has 44 heavy (non-hydrogen) atoms. The summed E-state index contributed by atoms with van der Waals surface area (Å²) in [5.74, 6) is -1.12. The summed E-state index contributed by atoms with van der Waals surface area (Å²) < 4.78 is 49.7. The molecule has 1 spiro atoms. The van der Waals surface area contributed by atoms with Gasteiger partial charge in [-0.05, 0) is 50.5 Å². The normalized spacial score (nSPS) is 50.0. The lowest BCUT2D eigenvalue weighted by atomic mass is 9.49. The molecule has 0 radical (unpaired) electrons. The van der Waals surface area contributed by atoms with E-state index < -0.39 is 59.8 Å². The van der Waals surface area contributed by atoms with E-state index in [1.54, 1.807) is 0 Å². The zero-order valence-corrected chi connectivity index (χ0v) is 25.9. The molecule has 0 aromatic carbocycles. The number of ether oxygens (including phenoxy) is 6. The molecule has 5 fully saturated rings. The summed E-state index contributed by atoms with van der Waals surface area (Å²) in [6.45, 7) is 10.2. The highest BCUT2D eigenvalue weighted by Crippen LogP contribution is 2.82. The number of cyclic esters (lactones) is 1. The van der Waals surface area contributed by atoms with Gasteiger partial charge in [0.15, 0.2) is 6.17 Å². The summed E-state index contributed by atoms with van der Waals surface area (Å²) in [7, 11) is 0. The van der Waals surface area contributed by atoms with E-state index in [1.165, 1.54) is 6.92 Å². The second-order valence-electron chi connectivity index (χ2n) is 14.7. The van der Waals surface area contributed by atoms with Crippen molar-refractivity contribution < 1.29 is 57.4 Å². The van der Waals surface area contributed by atoms with E-state index in [4.69, 9.17) is 28.4 Å². The van der Waals surface area contributed by atoms with Crippen LogP contribution in [0.25, 0.3) is 0 Å². The largest absolute Gasteiger partial charge is 0.463 e. The molecular formula is C32H43FO11. The zero-order chi connectivity index (χ0) is 31.6. The lowest BCUT2D eigenvalue weighted by molar-refractivity contribution is -0.265. The van der Waals surface area contributed by atoms with Gasteiger partial charge in [0.1, 0.15) is 48.8 Å². The van der Waals surface area contributed by atoms with E-state index in [-0.39, 0.29) is 66.7 Å². The zero-order valence-electron chi connectivity index (χ0n) is 25.9. The number of carbonyl (C=O) groups excluding carboxylic acids is 3. The Morgan fingerprint density at radius 1 is 1.14 bits per heavy atom. The topological polar surface area (TPSA) is 150 Å². The third kappa shape index (κ3) is 3.87. The van der Waals surface area contributed by atoms with E-state index in [9.17, 15) is 29.0 Å². The molecule has 0 aromatic rings. The van der Waals surface area contributed by atoms with Crippen molar-refractivity contribution in [2.24, 2.45) is 28.6 Å². The van der Waals surface area contributed by atoms with Gasteiger partial charge in [0.05, 0.1) is 31.7 Å². The van der Waals surface area contributed by atoms with Crippen LogP contribution in [0.5, 0.6) is 0 Å². The van der Waals surface area contributed by atoms with E-state index in [2.05, 4.69) is 20.8 Å². The number of esters is 3. The van der Waals surface area contributed by atoms with Crippen molar-refractivity contribution in [3.63, 3.8) is 0 Å². The van der Waals surface area contributed by atoms with Crippen LogP contribution in [0.4, 0.5) is 4.39 Å². The number of carbonyl (C=O) groups is 3. The molecule has 244 valence electrons. The maximum Gasteiger partial charge on any atom is 0.334 e. The van der Waals surface area contributed by atoms with Crippen LogP contribution in [0.2, 0.25) is 0 Å². The van der Waals surface area contributed by atoms with Crippen LogP contribution in [-0.4, -0.2) is 102 Å². The summed E-state index contributed by atoms with van der Waals surface area (Å²) in [4.78, 5) is 38.3. The minimum Gasteiger partial charge on any atom is -0.463 e. The van der Waals surface area contributed by atoms with Crippen LogP contribution >= 0.6 is 0 Å². The molecule has 4 heterocycles. The van der Waals surface area contributed by atoms with Crippen LogP contribution in [0, 0.1) is 28.6 Å². The second-order valence-corrected chi connectivity index (χ2v) is 14.7. The fourth-order valence-corrected chi connectivity index (χ4v) is 9.90. The molecule has 0 aromatic heterocycles. The molecule has 3 aliphatic carbocycles. The summed E-state index contributed by atoms with van der Waals surface area (Å²) in [6, 6.07) is 0. The first-order valence-electron chi connectivity index (χ1n) is 15.9. The average molecular weight is 623 g/mol. The summed E-state index contributed by atoms with van der Waals surface area (Å²) in [6.07, 6.45) is -5.89. The van der Waals surface area contributed by atoms with Gasteiger partial charge in [-0.15, -0.1) is 0 Å². The standard InChI is InChI=1S/C32H43FO11/c1-14(2)31-10-18(31)26-32(44-26)29(4)9-8-16-17(11-40-27(16)38)19(29)12-41-30(32,5)28(31)43-22(35)7-6-21(34)39-13-20-24(36)25(37)23(33)15(3)42-20/h14-15,18-20,23-26,28,36-37H,6-13H2,1-5H3/t15?,18-,19-,20+,23-,24+,25+,26-,28-,29-,30+,31+,32+/m0/s1. The summed E-state index contributed by atoms with van der Waals surface area (Å²) >= 11 is 0. The number of fused-ring (bicyclic) bond motifs is 4. The van der Waals surface area contributed by atoms with Crippen LogP contribution in [0.1, 0.15) is 66.7 Å². The third-order valence-corrected chi connectivity index (χ3v) is 12.5. The van der Waals surface area contributed by atoms with E-state index in [0.29, 0.717) is 13.0 Å². The molecule has 11 nitrogen and oxygen atoms in total. The molecule has 0 bridgehead atoms. The van der Waals surface area contributed by atoms with Crippen molar-refractivity contribution >= 4 is 17.9 Å². The molecule has 2 N–H and O–H groups in total. The van der Waals surface area contributed by atoms with Crippen molar-refractivity contribution in [2.75, 3.05) is 19.8 Å². The lowest BCUT2D eigenvalue weighted by Gasteiger charge is -2.61. The minimum absolute atomic E-state index is 0.0286. The first-order valence-corrected chi connectivity index (χ1v) is 15.9. The van der Waals surface area contributed by atoms with Gasteiger partial charge in [0, 0.05) is 22.3 Å². The number of rotatable bonds is 7. The summed E-state index contributed by atoms with van der Waals surface area (Å²) in [5, 5.41) is 20.0. The minimum atomic E-state index is -1.75. The Labute approximate surface area is 255 Å². The first-order chi connectivity index (χ1) is 20.7. The molecule has 1 unspecified atom stereocenters. The fraction of sp³-hybridized carbons (Fsp3) is 0.844. The Bertz CT molecular complexity index is 1300. The molecule has 2 saturated carbocycles. The van der Waals surface area contributed by atoms with Gasteiger partial charge >= 0.3 is 17.9 Å². The van der Waals surface area contributed by atoms with E-state index in [0.717, 1.165) is 24.0 Å². The summed E-state index contributed by atoms with van der Waals surface area (Å²) in [5.41, 5.74) is -0.488. The Hall–Kier alpha value is -2.12. The van der Waals surface area contributed by atoms with Gasteiger partial charge in [0.2, 0.25) is 0 Å². The van der Waals surface area contributed by atoms with Crippen LogP contribution in [0.3, 0.4) is 0 Å². The van der Waals surface area contributed by atoms with E-state index >= 15 is 0 Å². The third-order valence-electron chi connectivity index (χ3n) is 12.5. The highest BCUT2D eigenvalue weighted by atomic mass is 19.1. The monoisotopic (exact) mass is 622 g/mol. The molecule has 4 aliphatic heterocycles. The number of hydrogen-bond donors (Lipinski definition) is 2. The molecule has 7 rings (SSSR count). The number of hydrogen-bond acceptors (Lipinski definition) is 11. The number of aliphatic hydroxyl groups excluding tert-OH is 2. The lowest BCUT2D eigenvalue weighted by Crippen LogP contribution is -2.73. The van der Waals surface area contributed by atoms with Crippen molar-refractivity contribution in [2.45, 2.75) is 121 Å². The predicted molar refractivity (Wildman–Crippen MR) is 147 cm³/mol. The predicted octanol–water partition coefficient (Wildman–Crippen LogP) is 1.94. The Morgan fingerprint density at radius 3 is 2.59 bits per heavy atom. The highest BCUT2D eigenvalue weighted by Gasteiger charge is 2.93. The maximum atomic E-state index is 13.9. The smallest absolute Gasteiger partial charge is 0.334 e. The van der Waals surface area contributed by atoms with Crippen molar-refractivity contribution in [1.29, 1.82) is 0 Å². The number of halogens is 1. The SMILES string of the molecule is CC1O[C@H](COC(=O)CCC(=O)O[C@@H]2[C@@]3(C(C)C)C[C@H]3[C@@H]3O[C@@]34[C@@]3(C)CCC5=C(COC5=O)[C@@H]3CO[C@]24C)[C@@H](O)[C@H](O)[C@H]1F. The molecule has 13 atom stereocenters. The van der Waals surface area contributed by atoms with Gasteiger partial charge < -0.3 is 38.6 Å². The molecule has 7 aliphatic rings. The Kier molecular flexibility index (Phi) is 6.90. The highest BCUT2D eigenvalue weighted by molar-refractivity contribution is 5.92. The van der Waals surface area contributed by atoms with Gasteiger partial charge in [-0.25, -0.2) is 9.18 Å². The van der Waals surface area contributed by atoms with Crippen molar-refractivity contribution in [1.82, 2.24) is 0 Å². The molecular weight excluding hydrogens is 579 g/mol. The van der Waals surface area contributed by atoms with Crippen LogP contribution in [0.15, 0.2) is 11.1 Å². The molecule has 3 saturated heterocycles. The van der Waals surface area contributed by atoms with E-state index in [1.807, 2.05) is 6.92 Å². The van der Waals surface area contributed by atoms with Gasteiger partial charge in [-0.2, -0.15) is 0 Å². The van der Waals surface area contributed by atoms with Crippen LogP contribution in [-0.2, 0) is 42.8 Å². The molecule has 0 amide bonds. The Morgan fingerprint density at radius 2 is 1.86 bits per heavy atom. The number of epoxide rings is 1. The fourth-order valence-electron chi connectivity index (χ4n) is 9.90. The average Bonchev–Trinajstić information content (AvgIpc) is 3.88. The number of alkyl halides is 1. The van der Waals surface area contributed by atoms with Crippen molar-refractivity contribution in [3.8, 4) is 0 Å². The quantitative estimate of drug-likeness (QED) is 0.244. The Balaban J connectivity index is 1.05. The maximum absolute atomic E-state index is 13.9. The van der Waals surface area contributed by atoms with Gasteiger partial charge in [-0.1, -0.05) is 20.8 Å². The van der Waals surface area contributed by atoms with Gasteiger partial charge in [-0.3, -0.25) is 9.59 Å². The number of aliphatic hydroxyl groups is 2. The first kappa shape index (κ1) is 30.5. The van der Waals surface area contributed by atoms with Crippen LogP contribution < -0.4 is 0 Å². The molecule has 12 heteroatoms. The van der Waals surface area contributed by atoms with Gasteiger partial charge in [0.25, 0.3) is 0 Å². The van der Waals surface area contributed by atoms with Crippen molar-refractivity contribution in [3.05, 3.63) is 11.1 Å². The second kappa shape index (κ2) is 9.94.